The Balaban J connectivity index is 1.77. The number of nitrogens with zero attached hydrogens (tertiary/aromatic N) is 1. The Labute approximate surface area is 129 Å². The minimum absolute atomic E-state index is 0.0421. The second-order valence-electron chi connectivity index (χ2n) is 5.65. The van der Waals surface area contributed by atoms with Crippen molar-refractivity contribution in [1.29, 1.82) is 0 Å². The summed E-state index contributed by atoms with van der Waals surface area (Å²) in [5.41, 5.74) is 2.84. The standard InChI is InChI=1S/C16H19NO4S/c1-2-12-3-4-15-14(9-12)13(11-21-15)10-16(18)17-5-7-22(19,20)8-6-17/h3-4,9,11H,2,5-8,10H2,1H3. The van der Waals surface area contributed by atoms with Crippen molar-refractivity contribution in [3.8, 4) is 0 Å². The second kappa shape index (κ2) is 5.76. The van der Waals surface area contributed by atoms with E-state index in [1.165, 1.54) is 5.56 Å². The van der Waals surface area contributed by atoms with Gasteiger partial charge in [0.15, 0.2) is 9.84 Å². The minimum atomic E-state index is -2.97. The Morgan fingerprint density at radius 3 is 2.68 bits per heavy atom. The van der Waals surface area contributed by atoms with Crippen molar-refractivity contribution in [2.75, 3.05) is 24.6 Å². The zero-order valence-electron chi connectivity index (χ0n) is 12.5. The molecule has 1 aliphatic heterocycles. The summed E-state index contributed by atoms with van der Waals surface area (Å²) in [5, 5.41) is 0.970. The number of benzene rings is 1. The Morgan fingerprint density at radius 1 is 1.27 bits per heavy atom. The summed E-state index contributed by atoms with van der Waals surface area (Å²) in [7, 11) is -2.97. The lowest BCUT2D eigenvalue weighted by Gasteiger charge is -2.26. The maximum absolute atomic E-state index is 12.4. The maximum Gasteiger partial charge on any atom is 0.227 e. The quantitative estimate of drug-likeness (QED) is 0.864. The van der Waals surface area contributed by atoms with Crippen molar-refractivity contribution in [3.63, 3.8) is 0 Å². The number of hydrogen-bond acceptors (Lipinski definition) is 4. The van der Waals surface area contributed by atoms with Crippen molar-refractivity contribution >= 4 is 26.7 Å². The van der Waals surface area contributed by atoms with Gasteiger partial charge in [-0.1, -0.05) is 13.0 Å². The molecule has 5 nitrogen and oxygen atoms in total. The van der Waals surface area contributed by atoms with Gasteiger partial charge in [-0.05, 0) is 24.1 Å². The molecule has 0 saturated carbocycles. The highest BCUT2D eigenvalue weighted by atomic mass is 32.2. The monoisotopic (exact) mass is 321 g/mol. The number of carbonyl (C=O) groups is 1. The normalized spacial score (nSPS) is 17.8. The summed E-state index contributed by atoms with van der Waals surface area (Å²) < 4.78 is 28.4. The van der Waals surface area contributed by atoms with E-state index in [0.29, 0.717) is 0 Å². The van der Waals surface area contributed by atoms with Gasteiger partial charge in [0.25, 0.3) is 0 Å². The van der Waals surface area contributed by atoms with Crippen molar-refractivity contribution in [1.82, 2.24) is 4.90 Å². The molecule has 1 amide bonds. The summed E-state index contributed by atoms with van der Waals surface area (Å²) in [6, 6.07) is 6.00. The Bertz CT molecular complexity index is 793. The van der Waals surface area contributed by atoms with Crippen LogP contribution in [0.25, 0.3) is 11.0 Å². The fourth-order valence-corrected chi connectivity index (χ4v) is 3.92. The van der Waals surface area contributed by atoms with Gasteiger partial charge in [-0.15, -0.1) is 0 Å². The zero-order chi connectivity index (χ0) is 15.7. The van der Waals surface area contributed by atoms with Crippen LogP contribution in [-0.2, 0) is 27.5 Å². The van der Waals surface area contributed by atoms with Crippen LogP contribution in [0.4, 0.5) is 0 Å². The third kappa shape index (κ3) is 3.02. The molecule has 1 aromatic heterocycles. The first-order valence-electron chi connectivity index (χ1n) is 7.46. The molecule has 6 heteroatoms. The van der Waals surface area contributed by atoms with E-state index in [2.05, 4.69) is 13.0 Å². The van der Waals surface area contributed by atoms with E-state index in [4.69, 9.17) is 4.42 Å². The highest BCUT2D eigenvalue weighted by Crippen LogP contribution is 2.24. The fraction of sp³-hybridized carbons (Fsp3) is 0.438. The van der Waals surface area contributed by atoms with E-state index in [1.54, 1.807) is 11.2 Å². The average Bonchev–Trinajstić information content (AvgIpc) is 2.89. The van der Waals surface area contributed by atoms with Gasteiger partial charge in [0, 0.05) is 24.0 Å². The summed E-state index contributed by atoms with van der Waals surface area (Å²) >= 11 is 0. The molecule has 1 fully saturated rings. The molecule has 2 aromatic rings. The molecule has 1 aliphatic rings. The first-order valence-corrected chi connectivity index (χ1v) is 9.28. The van der Waals surface area contributed by atoms with Gasteiger partial charge < -0.3 is 9.32 Å². The third-order valence-electron chi connectivity index (χ3n) is 4.17. The molecule has 0 bridgehead atoms. The molecule has 118 valence electrons. The molecular formula is C16H19NO4S. The van der Waals surface area contributed by atoms with Crippen LogP contribution >= 0.6 is 0 Å². The summed E-state index contributed by atoms with van der Waals surface area (Å²) in [5.74, 6) is 0.0786. The molecule has 3 rings (SSSR count). The van der Waals surface area contributed by atoms with Crippen molar-refractivity contribution in [3.05, 3.63) is 35.6 Å². The van der Waals surface area contributed by atoms with Crippen LogP contribution in [0.2, 0.25) is 0 Å². The highest BCUT2D eigenvalue weighted by Gasteiger charge is 2.25. The number of aryl methyl sites for hydroxylation is 1. The molecule has 0 aliphatic carbocycles. The van der Waals surface area contributed by atoms with Crippen LogP contribution in [-0.4, -0.2) is 43.8 Å². The van der Waals surface area contributed by atoms with Crippen molar-refractivity contribution < 1.29 is 17.6 Å². The molecule has 0 atom stereocenters. The fourth-order valence-electron chi connectivity index (χ4n) is 2.72. The second-order valence-corrected chi connectivity index (χ2v) is 7.96. The van der Waals surface area contributed by atoms with Gasteiger partial charge in [0.1, 0.15) is 5.58 Å². The summed E-state index contributed by atoms with van der Waals surface area (Å²) in [6.45, 7) is 2.66. The lowest BCUT2D eigenvalue weighted by molar-refractivity contribution is -0.130. The zero-order valence-corrected chi connectivity index (χ0v) is 13.4. The molecule has 22 heavy (non-hydrogen) atoms. The van der Waals surface area contributed by atoms with Crippen LogP contribution in [0.3, 0.4) is 0 Å². The van der Waals surface area contributed by atoms with E-state index in [0.717, 1.165) is 23.0 Å². The molecule has 1 aromatic carbocycles. The van der Waals surface area contributed by atoms with Crippen LogP contribution in [0.15, 0.2) is 28.9 Å². The largest absolute Gasteiger partial charge is 0.464 e. The Morgan fingerprint density at radius 2 is 2.00 bits per heavy atom. The van der Waals surface area contributed by atoms with E-state index >= 15 is 0 Å². The summed E-state index contributed by atoms with van der Waals surface area (Å²) in [6.07, 6.45) is 2.81. The van der Waals surface area contributed by atoms with Gasteiger partial charge in [0.2, 0.25) is 5.91 Å². The molecule has 0 N–H and O–H groups in total. The number of furan rings is 1. The van der Waals surface area contributed by atoms with E-state index in [-0.39, 0.29) is 36.9 Å². The molecular weight excluding hydrogens is 302 g/mol. The molecule has 0 spiro atoms. The first-order chi connectivity index (χ1) is 10.5. The number of sulfone groups is 1. The summed E-state index contributed by atoms with van der Waals surface area (Å²) in [4.78, 5) is 14.0. The maximum atomic E-state index is 12.4. The predicted molar refractivity (Wildman–Crippen MR) is 84.5 cm³/mol. The van der Waals surface area contributed by atoms with E-state index in [9.17, 15) is 13.2 Å². The van der Waals surface area contributed by atoms with Crippen LogP contribution in [0.1, 0.15) is 18.1 Å². The minimum Gasteiger partial charge on any atom is -0.464 e. The van der Waals surface area contributed by atoms with Crippen LogP contribution < -0.4 is 0 Å². The SMILES string of the molecule is CCc1ccc2occ(CC(=O)N3CCS(=O)(=O)CC3)c2c1. The first kappa shape index (κ1) is 15.1. The lowest BCUT2D eigenvalue weighted by Crippen LogP contribution is -2.44. The number of rotatable bonds is 3. The predicted octanol–water partition coefficient (Wildman–Crippen LogP) is 1.79. The van der Waals surface area contributed by atoms with Gasteiger partial charge in [-0.25, -0.2) is 8.42 Å². The number of carbonyl (C=O) groups excluding carboxylic acids is 1. The van der Waals surface area contributed by atoms with Gasteiger partial charge in [0.05, 0.1) is 24.2 Å². The molecule has 0 radical (unpaired) electrons. The number of hydrogen-bond donors (Lipinski definition) is 0. The average molecular weight is 321 g/mol. The van der Waals surface area contributed by atoms with Crippen molar-refractivity contribution in [2.24, 2.45) is 0 Å². The third-order valence-corrected chi connectivity index (χ3v) is 5.77. The molecule has 2 heterocycles. The topological polar surface area (TPSA) is 67.6 Å². The molecule has 1 saturated heterocycles. The van der Waals surface area contributed by atoms with E-state index in [1.807, 2.05) is 12.1 Å². The van der Waals surface area contributed by atoms with E-state index < -0.39 is 9.84 Å². The molecule has 0 unspecified atom stereocenters. The number of fused-ring (bicyclic) bond motifs is 1. The highest BCUT2D eigenvalue weighted by molar-refractivity contribution is 7.91. The van der Waals surface area contributed by atoms with Crippen molar-refractivity contribution in [2.45, 2.75) is 19.8 Å². The van der Waals surface area contributed by atoms with Crippen LogP contribution in [0, 0.1) is 0 Å². The Hall–Kier alpha value is -1.82. The van der Waals surface area contributed by atoms with Gasteiger partial charge in [-0.2, -0.15) is 0 Å². The lowest BCUT2D eigenvalue weighted by atomic mass is 10.1. The van der Waals surface area contributed by atoms with Gasteiger partial charge in [-0.3, -0.25) is 4.79 Å². The smallest absolute Gasteiger partial charge is 0.227 e. The van der Waals surface area contributed by atoms with Crippen LogP contribution in [0.5, 0.6) is 0 Å². The van der Waals surface area contributed by atoms with Gasteiger partial charge >= 0.3 is 0 Å². The number of amides is 1. The Kier molecular flexibility index (Phi) is 3.95.